The van der Waals surface area contributed by atoms with Crippen molar-refractivity contribution in [2.75, 3.05) is 7.11 Å². The molecule has 4 heteroatoms. The summed E-state index contributed by atoms with van der Waals surface area (Å²) in [5.74, 6) is -0.347. The molecule has 1 aromatic carbocycles. The largest absolute Gasteiger partial charge is 2.00 e. The Morgan fingerprint density at radius 2 is 1.76 bits per heavy atom. The van der Waals surface area contributed by atoms with E-state index < -0.39 is 0 Å². The van der Waals surface area contributed by atoms with Crippen LogP contribution in [0, 0.1) is 6.07 Å². The monoisotopic (exact) mass is 299 g/mol. The Morgan fingerprint density at radius 3 is 2.10 bits per heavy atom. The summed E-state index contributed by atoms with van der Waals surface area (Å²) < 4.78 is 4.47. The fourth-order valence-electron chi connectivity index (χ4n) is 2.52. The Labute approximate surface area is 145 Å². The second-order valence-electron chi connectivity index (χ2n) is 6.36. The molecule has 1 fully saturated rings. The average Bonchev–Trinajstić information content (AvgIpc) is 2.37. The number of rotatable bonds is 1. The standard InChI is InChI=1S/C9H18N.C8H7O2.Mg/c1-8(2)6-5-7-9(3,4)10-8;1-10-8(9)7-5-3-2-4-6-7;/h5-7H2,1-4H3;2-5H,1H3;/q2*-1;+2. The second kappa shape index (κ2) is 8.76. The van der Waals surface area contributed by atoms with Gasteiger partial charge in [0.25, 0.3) is 0 Å². The van der Waals surface area contributed by atoms with Crippen LogP contribution in [-0.4, -0.2) is 47.2 Å². The minimum absolute atomic E-state index is 0. The van der Waals surface area contributed by atoms with Crippen LogP contribution in [0.4, 0.5) is 0 Å². The first-order chi connectivity index (χ1) is 9.26. The van der Waals surface area contributed by atoms with E-state index in [4.69, 9.17) is 5.32 Å². The first kappa shape index (κ1) is 20.4. The van der Waals surface area contributed by atoms with Crippen LogP contribution in [0.25, 0.3) is 5.32 Å². The van der Waals surface area contributed by atoms with E-state index in [2.05, 4.69) is 38.5 Å². The van der Waals surface area contributed by atoms with Gasteiger partial charge in [-0.25, -0.2) is 0 Å². The van der Waals surface area contributed by atoms with E-state index in [-0.39, 0.29) is 40.1 Å². The van der Waals surface area contributed by atoms with Crippen molar-refractivity contribution >= 4 is 29.0 Å². The third-order valence-electron chi connectivity index (χ3n) is 3.30. The van der Waals surface area contributed by atoms with E-state index in [1.807, 2.05) is 0 Å². The number of esters is 1. The molecule has 1 heterocycles. The van der Waals surface area contributed by atoms with Gasteiger partial charge in [0, 0.05) is 0 Å². The summed E-state index contributed by atoms with van der Waals surface area (Å²) in [6.45, 7) is 8.92. The number of piperidine rings is 1. The van der Waals surface area contributed by atoms with Crippen LogP contribution in [0.3, 0.4) is 0 Å². The summed E-state index contributed by atoms with van der Waals surface area (Å²) in [7, 11) is 1.35. The molecule has 1 saturated heterocycles. The molecule has 112 valence electrons. The number of benzene rings is 1. The Bertz CT molecular complexity index is 416. The Morgan fingerprint density at radius 1 is 1.19 bits per heavy atom. The van der Waals surface area contributed by atoms with Crippen LogP contribution in [0.15, 0.2) is 24.3 Å². The van der Waals surface area contributed by atoms with Gasteiger partial charge < -0.3 is 14.8 Å². The van der Waals surface area contributed by atoms with Gasteiger partial charge in [-0.3, -0.25) is 0 Å². The van der Waals surface area contributed by atoms with Crippen molar-refractivity contribution in [1.82, 2.24) is 0 Å². The minimum atomic E-state index is -0.347. The summed E-state index contributed by atoms with van der Waals surface area (Å²) in [6, 6.07) is 9.64. The number of nitrogens with zero attached hydrogens (tertiary/aromatic N) is 1. The summed E-state index contributed by atoms with van der Waals surface area (Å²) in [5.41, 5.74) is 0.939. The van der Waals surface area contributed by atoms with E-state index in [1.54, 1.807) is 24.3 Å². The van der Waals surface area contributed by atoms with E-state index >= 15 is 0 Å². The van der Waals surface area contributed by atoms with Crippen molar-refractivity contribution < 1.29 is 9.53 Å². The molecule has 1 aromatic rings. The maximum Gasteiger partial charge on any atom is 2.00 e. The topological polar surface area (TPSA) is 40.4 Å². The molecule has 0 aliphatic carbocycles. The van der Waals surface area contributed by atoms with Gasteiger partial charge in [-0.15, -0.1) is 41.4 Å². The quantitative estimate of drug-likeness (QED) is 0.447. The minimum Gasteiger partial charge on any atom is -0.652 e. The average molecular weight is 300 g/mol. The van der Waals surface area contributed by atoms with E-state index in [1.165, 1.54) is 26.4 Å². The van der Waals surface area contributed by atoms with Crippen molar-refractivity contribution in [3.63, 3.8) is 0 Å². The number of carbonyl (C=O) groups excluding carboxylic acids is 1. The SMILES string of the molecule is CC1(C)CCCC(C)(C)[N-]1.COC(=O)c1[c-]cccc1.[Mg+2]. The molecule has 0 saturated carbocycles. The summed E-state index contributed by atoms with van der Waals surface area (Å²) in [5, 5.41) is 4.75. The number of hydrogen-bond donors (Lipinski definition) is 0. The van der Waals surface area contributed by atoms with Gasteiger partial charge >= 0.3 is 23.1 Å². The molecule has 0 bridgehead atoms. The normalized spacial score (nSPS) is 18.5. The molecule has 0 spiro atoms. The van der Waals surface area contributed by atoms with Crippen LogP contribution in [0.2, 0.25) is 0 Å². The molecule has 1 aliphatic heterocycles. The Balaban J connectivity index is 0.000000364. The van der Waals surface area contributed by atoms with Crippen molar-refractivity contribution in [3.05, 3.63) is 41.2 Å². The maximum atomic E-state index is 10.8. The third-order valence-corrected chi connectivity index (χ3v) is 3.30. The third kappa shape index (κ3) is 7.84. The van der Waals surface area contributed by atoms with Gasteiger partial charge in [0.15, 0.2) is 0 Å². The molecule has 3 nitrogen and oxygen atoms in total. The van der Waals surface area contributed by atoms with Gasteiger partial charge in [-0.1, -0.05) is 52.5 Å². The number of methoxy groups -OCH3 is 1. The van der Waals surface area contributed by atoms with Crippen LogP contribution in [0.5, 0.6) is 0 Å². The first-order valence-corrected chi connectivity index (χ1v) is 7.05. The van der Waals surface area contributed by atoms with Gasteiger partial charge in [0.1, 0.15) is 0 Å². The van der Waals surface area contributed by atoms with Crippen molar-refractivity contribution in [3.8, 4) is 0 Å². The van der Waals surface area contributed by atoms with Crippen LogP contribution in [0.1, 0.15) is 57.3 Å². The molecule has 0 N–H and O–H groups in total. The van der Waals surface area contributed by atoms with E-state index in [9.17, 15) is 4.79 Å². The number of ether oxygens (including phenoxy) is 1. The van der Waals surface area contributed by atoms with Crippen LogP contribution in [-0.2, 0) is 4.74 Å². The number of carbonyl (C=O) groups is 1. The van der Waals surface area contributed by atoms with Crippen LogP contribution >= 0.6 is 0 Å². The Kier molecular flexibility index (Phi) is 8.52. The van der Waals surface area contributed by atoms with Gasteiger partial charge in [-0.2, -0.15) is 0 Å². The molecule has 0 aromatic heterocycles. The predicted molar refractivity (Wildman–Crippen MR) is 87.7 cm³/mol. The summed E-state index contributed by atoms with van der Waals surface area (Å²) in [6.07, 6.45) is 3.86. The van der Waals surface area contributed by atoms with Gasteiger partial charge in [-0.05, 0) is 0 Å². The zero-order valence-corrected chi connectivity index (χ0v) is 15.3. The fraction of sp³-hybridized carbons (Fsp3) is 0.588. The molecular formula is C17H25MgNO2. The van der Waals surface area contributed by atoms with Crippen molar-refractivity contribution in [2.24, 2.45) is 0 Å². The molecule has 0 amide bonds. The smallest absolute Gasteiger partial charge is 0.652 e. The van der Waals surface area contributed by atoms with Gasteiger partial charge in [0.05, 0.1) is 7.11 Å². The van der Waals surface area contributed by atoms with E-state index in [0.29, 0.717) is 5.56 Å². The maximum absolute atomic E-state index is 10.8. The first-order valence-electron chi connectivity index (χ1n) is 7.05. The second-order valence-corrected chi connectivity index (χ2v) is 6.36. The zero-order valence-electron chi connectivity index (χ0n) is 13.9. The summed E-state index contributed by atoms with van der Waals surface area (Å²) >= 11 is 0. The van der Waals surface area contributed by atoms with Crippen molar-refractivity contribution in [1.29, 1.82) is 0 Å². The molecule has 0 unspecified atom stereocenters. The van der Waals surface area contributed by atoms with Gasteiger partial charge in [0.2, 0.25) is 5.97 Å². The van der Waals surface area contributed by atoms with E-state index in [0.717, 1.165) is 0 Å². The molecule has 0 radical (unpaired) electrons. The molecule has 0 atom stereocenters. The predicted octanol–water partition coefficient (Wildman–Crippen LogP) is 3.99. The van der Waals surface area contributed by atoms with Crippen molar-refractivity contribution in [2.45, 2.75) is 58.0 Å². The molecule has 21 heavy (non-hydrogen) atoms. The fourth-order valence-corrected chi connectivity index (χ4v) is 2.52. The Hall–Kier alpha value is -0.584. The van der Waals surface area contributed by atoms with Crippen LogP contribution < -0.4 is 0 Å². The molecule has 1 aliphatic rings. The number of hydrogen-bond acceptors (Lipinski definition) is 2. The molecule has 2 rings (SSSR count). The molecular weight excluding hydrogens is 274 g/mol. The summed E-state index contributed by atoms with van der Waals surface area (Å²) in [4.78, 5) is 10.8. The zero-order chi connectivity index (χ0) is 15.2.